The summed E-state index contributed by atoms with van der Waals surface area (Å²) in [6.07, 6.45) is -0.0433. The fraction of sp³-hybridized carbons (Fsp3) is 0.565. The molecule has 0 aliphatic heterocycles. The largest absolute Gasteiger partial charge is 0.444 e. The highest BCUT2D eigenvalue weighted by atomic mass is 16.6. The van der Waals surface area contributed by atoms with Gasteiger partial charge < -0.3 is 26.0 Å². The van der Waals surface area contributed by atoms with Crippen LogP contribution in [0.25, 0.3) is 0 Å². The Morgan fingerprint density at radius 3 is 2.09 bits per heavy atom. The Kier molecular flexibility index (Phi) is 10.7. The van der Waals surface area contributed by atoms with Crippen LogP contribution in [0.1, 0.15) is 46.6 Å². The first-order valence-electron chi connectivity index (χ1n) is 10.7. The summed E-state index contributed by atoms with van der Waals surface area (Å²) in [6, 6.07) is 7.56. The first-order chi connectivity index (χ1) is 14.9. The maximum Gasteiger partial charge on any atom is 0.408 e. The van der Waals surface area contributed by atoms with Crippen molar-refractivity contribution in [1.82, 2.24) is 21.3 Å². The minimum Gasteiger partial charge on any atom is -0.444 e. The Labute approximate surface area is 190 Å². The highest BCUT2D eigenvalue weighted by Gasteiger charge is 2.27. The fourth-order valence-corrected chi connectivity index (χ4v) is 2.92. The Morgan fingerprint density at radius 2 is 1.56 bits per heavy atom. The molecule has 0 aromatic heterocycles. The second-order valence-corrected chi connectivity index (χ2v) is 8.97. The van der Waals surface area contributed by atoms with Gasteiger partial charge in [-0.25, -0.2) is 4.79 Å². The molecule has 0 fully saturated rings. The number of carbonyl (C=O) groups is 4. The average molecular weight is 449 g/mol. The van der Waals surface area contributed by atoms with Crippen molar-refractivity contribution >= 4 is 23.8 Å². The highest BCUT2D eigenvalue weighted by Crippen LogP contribution is 2.08. The third kappa shape index (κ3) is 10.8. The first kappa shape index (κ1) is 26.9. The molecule has 0 spiro atoms. The second-order valence-electron chi connectivity index (χ2n) is 8.97. The smallest absolute Gasteiger partial charge is 0.408 e. The van der Waals surface area contributed by atoms with Gasteiger partial charge in [0.05, 0.1) is 0 Å². The van der Waals surface area contributed by atoms with Gasteiger partial charge in [-0.15, -0.1) is 0 Å². The van der Waals surface area contributed by atoms with Gasteiger partial charge in [0.1, 0.15) is 24.2 Å². The van der Waals surface area contributed by atoms with Gasteiger partial charge in [-0.3, -0.25) is 14.4 Å². The fourth-order valence-electron chi connectivity index (χ4n) is 2.92. The molecule has 0 bridgehead atoms. The Balaban J connectivity index is 2.87. The topological polar surface area (TPSA) is 126 Å². The lowest BCUT2D eigenvalue weighted by molar-refractivity contribution is -0.132. The monoisotopic (exact) mass is 448 g/mol. The normalized spacial score (nSPS) is 13.0. The van der Waals surface area contributed by atoms with Gasteiger partial charge in [-0.05, 0) is 38.7 Å². The van der Waals surface area contributed by atoms with E-state index in [1.165, 1.54) is 7.05 Å². The van der Waals surface area contributed by atoms with Crippen LogP contribution in [0.4, 0.5) is 4.79 Å². The van der Waals surface area contributed by atoms with Gasteiger partial charge in [0.2, 0.25) is 17.7 Å². The van der Waals surface area contributed by atoms with E-state index < -0.39 is 35.6 Å². The number of alkyl carbamates (subject to hydrolysis) is 1. The Bertz CT molecular complexity index is 774. The van der Waals surface area contributed by atoms with Crippen molar-refractivity contribution in [2.45, 2.75) is 65.1 Å². The van der Waals surface area contributed by atoms with Crippen molar-refractivity contribution in [2.24, 2.45) is 5.92 Å². The second kappa shape index (κ2) is 12.7. The predicted molar refractivity (Wildman–Crippen MR) is 122 cm³/mol. The quantitative estimate of drug-likeness (QED) is 0.432. The lowest BCUT2D eigenvalue weighted by atomic mass is 10.0. The van der Waals surface area contributed by atoms with Gasteiger partial charge in [0.15, 0.2) is 0 Å². The van der Waals surface area contributed by atoms with Crippen LogP contribution in [0.5, 0.6) is 0 Å². The number of likely N-dealkylation sites (N-methyl/N-ethyl adjacent to an activating group) is 1. The minimum atomic E-state index is -0.926. The molecule has 32 heavy (non-hydrogen) atoms. The van der Waals surface area contributed by atoms with E-state index in [1.54, 1.807) is 20.8 Å². The van der Waals surface area contributed by atoms with Crippen molar-refractivity contribution < 1.29 is 23.9 Å². The molecule has 2 atom stereocenters. The standard InChI is InChI=1S/C23H36N4O5/c1-15(2)12-17(20(29)24-6)27-21(30)18(13-16-10-8-7-9-11-16)26-19(28)14-25-22(31)32-23(3,4)5/h7-11,15,17-18H,12-14H2,1-6H3,(H,24,29)(H,25,31)(H,26,28)(H,27,30)/t17-,18-/m0/s1. The molecular formula is C23H36N4O5. The SMILES string of the molecule is CNC(=O)[C@H](CC(C)C)NC(=O)[C@H](Cc1ccccc1)NC(=O)CNC(=O)OC(C)(C)C. The number of carbonyl (C=O) groups excluding carboxylic acids is 4. The van der Waals surface area contributed by atoms with Crippen LogP contribution in [-0.4, -0.2) is 55.1 Å². The van der Waals surface area contributed by atoms with E-state index in [1.807, 2.05) is 44.2 Å². The van der Waals surface area contributed by atoms with Crippen molar-refractivity contribution in [3.8, 4) is 0 Å². The summed E-state index contributed by atoms with van der Waals surface area (Å²) in [5.41, 5.74) is 0.148. The number of hydrogen-bond acceptors (Lipinski definition) is 5. The number of amides is 4. The maximum absolute atomic E-state index is 13.0. The number of ether oxygens (including phenoxy) is 1. The summed E-state index contributed by atoms with van der Waals surface area (Å²) in [4.78, 5) is 49.4. The van der Waals surface area contributed by atoms with Crippen LogP contribution < -0.4 is 21.3 Å². The summed E-state index contributed by atoms with van der Waals surface area (Å²) in [5, 5.41) is 10.3. The number of hydrogen-bond donors (Lipinski definition) is 4. The summed E-state index contributed by atoms with van der Waals surface area (Å²) >= 11 is 0. The zero-order valence-corrected chi connectivity index (χ0v) is 19.8. The van der Waals surface area contributed by atoms with E-state index in [0.717, 1.165) is 5.56 Å². The molecule has 0 aliphatic carbocycles. The maximum atomic E-state index is 13.0. The van der Waals surface area contributed by atoms with Gasteiger partial charge in [-0.1, -0.05) is 44.2 Å². The molecule has 9 heteroatoms. The molecule has 1 aromatic carbocycles. The molecule has 0 saturated heterocycles. The summed E-state index contributed by atoms with van der Waals surface area (Å²) in [7, 11) is 1.51. The van der Waals surface area contributed by atoms with E-state index in [-0.39, 0.29) is 24.8 Å². The highest BCUT2D eigenvalue weighted by molar-refractivity contribution is 5.93. The number of rotatable bonds is 10. The molecule has 178 valence electrons. The molecular weight excluding hydrogens is 412 g/mol. The van der Waals surface area contributed by atoms with E-state index in [4.69, 9.17) is 4.74 Å². The van der Waals surface area contributed by atoms with Crippen LogP contribution in [0, 0.1) is 5.92 Å². The minimum absolute atomic E-state index is 0.179. The lowest BCUT2D eigenvalue weighted by Crippen LogP contribution is -2.55. The summed E-state index contributed by atoms with van der Waals surface area (Å²) < 4.78 is 5.11. The molecule has 0 radical (unpaired) electrons. The van der Waals surface area contributed by atoms with Crippen molar-refractivity contribution in [3.63, 3.8) is 0 Å². The first-order valence-corrected chi connectivity index (χ1v) is 10.7. The molecule has 0 heterocycles. The molecule has 1 rings (SSSR count). The molecule has 0 aliphatic rings. The van der Waals surface area contributed by atoms with Crippen LogP contribution in [0.15, 0.2) is 30.3 Å². The Hall–Kier alpha value is -3.10. The van der Waals surface area contributed by atoms with Gasteiger partial charge in [-0.2, -0.15) is 0 Å². The zero-order chi connectivity index (χ0) is 24.3. The average Bonchev–Trinajstić information content (AvgIpc) is 2.69. The van der Waals surface area contributed by atoms with Crippen LogP contribution in [0.3, 0.4) is 0 Å². The van der Waals surface area contributed by atoms with E-state index >= 15 is 0 Å². The molecule has 0 unspecified atom stereocenters. The lowest BCUT2D eigenvalue weighted by Gasteiger charge is -2.24. The predicted octanol–water partition coefficient (Wildman–Crippen LogP) is 1.52. The summed E-state index contributed by atoms with van der Waals surface area (Å²) in [6.45, 7) is 8.70. The molecule has 1 aromatic rings. The van der Waals surface area contributed by atoms with Crippen LogP contribution in [-0.2, 0) is 25.5 Å². The number of nitrogens with one attached hydrogen (secondary N) is 4. The van der Waals surface area contributed by atoms with E-state index in [0.29, 0.717) is 6.42 Å². The Morgan fingerprint density at radius 1 is 0.938 bits per heavy atom. The van der Waals surface area contributed by atoms with E-state index in [2.05, 4.69) is 21.3 Å². The summed E-state index contributed by atoms with van der Waals surface area (Å²) in [5.74, 6) is -1.15. The van der Waals surface area contributed by atoms with Gasteiger partial charge in [0, 0.05) is 13.5 Å². The molecule has 4 amide bonds. The van der Waals surface area contributed by atoms with E-state index in [9.17, 15) is 19.2 Å². The zero-order valence-electron chi connectivity index (χ0n) is 19.8. The molecule has 9 nitrogen and oxygen atoms in total. The molecule has 0 saturated carbocycles. The number of benzene rings is 1. The van der Waals surface area contributed by atoms with Crippen LogP contribution in [0.2, 0.25) is 0 Å². The van der Waals surface area contributed by atoms with Crippen molar-refractivity contribution in [3.05, 3.63) is 35.9 Å². The molecule has 4 N–H and O–H groups in total. The third-order valence-corrected chi connectivity index (χ3v) is 4.31. The van der Waals surface area contributed by atoms with Gasteiger partial charge in [0.25, 0.3) is 0 Å². The van der Waals surface area contributed by atoms with Crippen LogP contribution >= 0.6 is 0 Å². The third-order valence-electron chi connectivity index (χ3n) is 4.31. The van der Waals surface area contributed by atoms with Crippen molar-refractivity contribution in [1.29, 1.82) is 0 Å². The van der Waals surface area contributed by atoms with Gasteiger partial charge >= 0.3 is 6.09 Å². The van der Waals surface area contributed by atoms with Crippen molar-refractivity contribution in [2.75, 3.05) is 13.6 Å².